The number of nitrogens with zero attached hydrogens (tertiary/aromatic N) is 1. The maximum atomic E-state index is 12.6. The molecule has 2 rings (SSSR count). The smallest absolute Gasteiger partial charge is 0.315 e. The molecule has 1 aromatic carbocycles. The molecular formula is C14H17F2NO2. The SMILES string of the molecule is COc1ccc([C@@H]2C[C@H](C)CN2C(=O)C(F)F)cc1. The molecule has 1 fully saturated rings. The van der Waals surface area contributed by atoms with Crippen molar-refractivity contribution in [2.75, 3.05) is 13.7 Å². The second-order valence-corrected chi connectivity index (χ2v) is 4.92. The standard InChI is InChI=1S/C14H17F2NO2/c1-9-7-12(17(8-9)14(18)13(15)16)10-3-5-11(19-2)6-4-10/h3-6,9,12-13H,7-8H2,1-2H3/t9-,12-/m0/s1. The molecule has 0 unspecified atom stereocenters. The fraction of sp³-hybridized carbons (Fsp3) is 0.500. The van der Waals surface area contributed by atoms with Gasteiger partial charge in [-0.2, -0.15) is 8.78 Å². The molecular weight excluding hydrogens is 252 g/mol. The fourth-order valence-corrected chi connectivity index (χ4v) is 2.56. The van der Waals surface area contributed by atoms with Crippen molar-refractivity contribution in [1.29, 1.82) is 0 Å². The van der Waals surface area contributed by atoms with Crippen molar-refractivity contribution in [3.05, 3.63) is 29.8 Å². The van der Waals surface area contributed by atoms with Crippen LogP contribution in [0.1, 0.15) is 24.9 Å². The lowest BCUT2D eigenvalue weighted by atomic mass is 10.0. The van der Waals surface area contributed by atoms with Gasteiger partial charge in [0.25, 0.3) is 5.91 Å². The highest BCUT2D eigenvalue weighted by atomic mass is 19.3. The molecule has 1 amide bonds. The summed E-state index contributed by atoms with van der Waals surface area (Å²) in [5, 5.41) is 0. The zero-order chi connectivity index (χ0) is 14.0. The summed E-state index contributed by atoms with van der Waals surface area (Å²) in [6.45, 7) is 2.36. The van der Waals surface area contributed by atoms with Crippen LogP contribution >= 0.6 is 0 Å². The van der Waals surface area contributed by atoms with Gasteiger partial charge in [0.05, 0.1) is 13.2 Å². The summed E-state index contributed by atoms with van der Waals surface area (Å²) in [5.41, 5.74) is 0.874. The maximum absolute atomic E-state index is 12.6. The Morgan fingerprint density at radius 3 is 2.53 bits per heavy atom. The van der Waals surface area contributed by atoms with Crippen LogP contribution in [0.4, 0.5) is 8.78 Å². The van der Waals surface area contributed by atoms with E-state index in [-0.39, 0.29) is 12.0 Å². The molecule has 1 aliphatic rings. The van der Waals surface area contributed by atoms with Gasteiger partial charge in [0.1, 0.15) is 5.75 Å². The van der Waals surface area contributed by atoms with E-state index in [2.05, 4.69) is 0 Å². The molecule has 2 atom stereocenters. The number of hydrogen-bond donors (Lipinski definition) is 0. The van der Waals surface area contributed by atoms with Crippen molar-refractivity contribution in [1.82, 2.24) is 4.90 Å². The first-order valence-electron chi connectivity index (χ1n) is 6.25. The Morgan fingerprint density at radius 1 is 1.37 bits per heavy atom. The van der Waals surface area contributed by atoms with Gasteiger partial charge < -0.3 is 9.64 Å². The van der Waals surface area contributed by atoms with Gasteiger partial charge in [0.2, 0.25) is 0 Å². The average molecular weight is 269 g/mol. The van der Waals surface area contributed by atoms with E-state index in [1.165, 1.54) is 4.90 Å². The van der Waals surface area contributed by atoms with E-state index in [0.29, 0.717) is 18.7 Å². The number of rotatable bonds is 3. The molecule has 3 nitrogen and oxygen atoms in total. The zero-order valence-electron chi connectivity index (χ0n) is 11.0. The van der Waals surface area contributed by atoms with Crippen LogP contribution in [0.2, 0.25) is 0 Å². The molecule has 1 saturated heterocycles. The Balaban J connectivity index is 2.22. The highest BCUT2D eigenvalue weighted by Crippen LogP contribution is 2.36. The first-order valence-corrected chi connectivity index (χ1v) is 6.25. The Labute approximate surface area is 111 Å². The van der Waals surface area contributed by atoms with Gasteiger partial charge in [0.15, 0.2) is 0 Å². The second-order valence-electron chi connectivity index (χ2n) is 4.92. The third kappa shape index (κ3) is 2.85. The van der Waals surface area contributed by atoms with Gasteiger partial charge in [-0.3, -0.25) is 4.79 Å². The normalized spacial score (nSPS) is 22.9. The number of carbonyl (C=O) groups is 1. The van der Waals surface area contributed by atoms with Gasteiger partial charge in [-0.1, -0.05) is 19.1 Å². The summed E-state index contributed by atoms with van der Waals surface area (Å²) in [6, 6.07) is 6.95. The van der Waals surface area contributed by atoms with Gasteiger partial charge in [-0.05, 0) is 30.0 Å². The monoisotopic (exact) mass is 269 g/mol. The Kier molecular flexibility index (Phi) is 4.02. The van der Waals surface area contributed by atoms with E-state index in [9.17, 15) is 13.6 Å². The second kappa shape index (κ2) is 5.55. The minimum absolute atomic E-state index is 0.231. The molecule has 1 aromatic rings. The number of hydrogen-bond acceptors (Lipinski definition) is 2. The number of ether oxygens (including phenoxy) is 1. The first kappa shape index (κ1) is 13.8. The Bertz CT molecular complexity index is 447. The number of methoxy groups -OCH3 is 1. The van der Waals surface area contributed by atoms with Crippen molar-refractivity contribution >= 4 is 5.91 Å². The van der Waals surface area contributed by atoms with Crippen molar-refractivity contribution in [3.8, 4) is 5.75 Å². The summed E-state index contributed by atoms with van der Waals surface area (Å²) >= 11 is 0. The quantitative estimate of drug-likeness (QED) is 0.844. The number of alkyl halides is 2. The maximum Gasteiger partial charge on any atom is 0.315 e. The van der Waals surface area contributed by atoms with E-state index < -0.39 is 12.3 Å². The number of benzene rings is 1. The molecule has 104 valence electrons. The predicted octanol–water partition coefficient (Wildman–Crippen LogP) is 2.87. The van der Waals surface area contributed by atoms with Crippen LogP contribution in [0.5, 0.6) is 5.75 Å². The number of likely N-dealkylation sites (tertiary alicyclic amines) is 1. The van der Waals surface area contributed by atoms with Gasteiger partial charge in [-0.25, -0.2) is 0 Å². The van der Waals surface area contributed by atoms with Gasteiger partial charge in [0, 0.05) is 6.54 Å². The molecule has 0 radical (unpaired) electrons. The van der Waals surface area contributed by atoms with E-state index in [1.807, 2.05) is 19.1 Å². The van der Waals surface area contributed by atoms with Crippen LogP contribution in [0.3, 0.4) is 0 Å². The van der Waals surface area contributed by atoms with Crippen LogP contribution in [0, 0.1) is 5.92 Å². The predicted molar refractivity (Wildman–Crippen MR) is 67.2 cm³/mol. The molecule has 1 heterocycles. The molecule has 0 saturated carbocycles. The first-order chi connectivity index (χ1) is 9.02. The summed E-state index contributed by atoms with van der Waals surface area (Å²) in [6.07, 6.45) is -2.23. The van der Waals surface area contributed by atoms with Gasteiger partial charge in [-0.15, -0.1) is 0 Å². The lowest BCUT2D eigenvalue weighted by Gasteiger charge is -2.24. The number of halogens is 2. The largest absolute Gasteiger partial charge is 0.497 e. The molecule has 1 aliphatic heterocycles. The average Bonchev–Trinajstić information content (AvgIpc) is 2.79. The molecule has 0 aromatic heterocycles. The number of carbonyl (C=O) groups excluding carboxylic acids is 1. The van der Waals surface area contributed by atoms with Crippen molar-refractivity contribution in [3.63, 3.8) is 0 Å². The van der Waals surface area contributed by atoms with Crippen LogP contribution in [-0.4, -0.2) is 30.9 Å². The molecule has 19 heavy (non-hydrogen) atoms. The van der Waals surface area contributed by atoms with Crippen LogP contribution in [-0.2, 0) is 4.79 Å². The van der Waals surface area contributed by atoms with Crippen molar-refractivity contribution in [2.45, 2.75) is 25.8 Å². The highest BCUT2D eigenvalue weighted by Gasteiger charge is 2.37. The third-order valence-electron chi connectivity index (χ3n) is 3.48. The molecule has 0 N–H and O–H groups in total. The molecule has 0 aliphatic carbocycles. The molecule has 5 heteroatoms. The third-order valence-corrected chi connectivity index (χ3v) is 3.48. The van der Waals surface area contributed by atoms with E-state index in [4.69, 9.17) is 4.74 Å². The Hall–Kier alpha value is -1.65. The van der Waals surface area contributed by atoms with E-state index in [1.54, 1.807) is 19.2 Å². The topological polar surface area (TPSA) is 29.5 Å². The molecule has 0 spiro atoms. The van der Waals surface area contributed by atoms with Crippen LogP contribution in [0.25, 0.3) is 0 Å². The summed E-state index contributed by atoms with van der Waals surface area (Å²) in [7, 11) is 1.57. The lowest BCUT2D eigenvalue weighted by molar-refractivity contribution is -0.143. The van der Waals surface area contributed by atoms with E-state index in [0.717, 1.165) is 5.56 Å². The number of amides is 1. The summed E-state index contributed by atoms with van der Waals surface area (Å²) in [4.78, 5) is 12.8. The van der Waals surface area contributed by atoms with Gasteiger partial charge >= 0.3 is 6.43 Å². The minimum atomic E-state index is -2.94. The Morgan fingerprint density at radius 2 is 2.00 bits per heavy atom. The van der Waals surface area contributed by atoms with Crippen LogP contribution < -0.4 is 4.74 Å². The van der Waals surface area contributed by atoms with Crippen molar-refractivity contribution < 1.29 is 18.3 Å². The zero-order valence-corrected chi connectivity index (χ0v) is 11.0. The fourth-order valence-electron chi connectivity index (χ4n) is 2.56. The van der Waals surface area contributed by atoms with Crippen molar-refractivity contribution in [2.24, 2.45) is 5.92 Å². The minimum Gasteiger partial charge on any atom is -0.497 e. The summed E-state index contributed by atoms with van der Waals surface area (Å²) < 4.78 is 30.3. The highest BCUT2D eigenvalue weighted by molar-refractivity contribution is 5.80. The van der Waals surface area contributed by atoms with E-state index >= 15 is 0 Å². The molecule has 0 bridgehead atoms. The lowest BCUT2D eigenvalue weighted by Crippen LogP contribution is -2.35. The van der Waals surface area contributed by atoms with Crippen LogP contribution in [0.15, 0.2) is 24.3 Å². The summed E-state index contributed by atoms with van der Waals surface area (Å²) in [5.74, 6) is -0.137.